The number of piperidine rings is 1. The van der Waals surface area contributed by atoms with Crippen molar-refractivity contribution in [1.29, 1.82) is 0 Å². The molecule has 1 atom stereocenters. The molecule has 0 bridgehead atoms. The predicted octanol–water partition coefficient (Wildman–Crippen LogP) is 0.935. The molecule has 1 aliphatic heterocycles. The van der Waals surface area contributed by atoms with Gasteiger partial charge >= 0.3 is 0 Å². The Morgan fingerprint density at radius 1 is 1.32 bits per heavy atom. The molecule has 2 rings (SSSR count). The highest BCUT2D eigenvalue weighted by atomic mass is 32.2. The smallest absolute Gasteiger partial charge is 0.292 e. The fourth-order valence-corrected chi connectivity index (χ4v) is 3.69. The molecule has 1 amide bonds. The zero-order valence-corrected chi connectivity index (χ0v) is 15.0. The molecular formula is C15H22N4O5S. The van der Waals surface area contributed by atoms with Crippen LogP contribution in [0.5, 0.6) is 0 Å². The van der Waals surface area contributed by atoms with Gasteiger partial charge < -0.3 is 5.32 Å². The number of nitro groups is 1. The first-order valence-electron chi connectivity index (χ1n) is 7.93. The van der Waals surface area contributed by atoms with Crippen LogP contribution in [-0.4, -0.2) is 55.6 Å². The number of anilines is 1. The van der Waals surface area contributed by atoms with Crippen LogP contribution in [0.4, 0.5) is 11.4 Å². The minimum Gasteiger partial charge on any atom is -0.319 e. The molecule has 1 heterocycles. The van der Waals surface area contributed by atoms with Crippen LogP contribution in [0.1, 0.15) is 19.8 Å². The van der Waals surface area contributed by atoms with Crippen molar-refractivity contribution >= 4 is 27.3 Å². The van der Waals surface area contributed by atoms with Crippen molar-refractivity contribution in [2.75, 3.05) is 24.7 Å². The summed E-state index contributed by atoms with van der Waals surface area (Å²) in [6, 6.07) is 5.38. The summed E-state index contributed by atoms with van der Waals surface area (Å²) < 4.78 is 25.1. The van der Waals surface area contributed by atoms with Gasteiger partial charge in [0.1, 0.15) is 5.69 Å². The number of nitrogens with one attached hydrogen (secondary N) is 2. The quantitative estimate of drug-likeness (QED) is 0.568. The minimum atomic E-state index is -3.24. The number of carbonyl (C=O) groups is 1. The van der Waals surface area contributed by atoms with E-state index in [1.165, 1.54) is 18.2 Å². The Bertz CT molecular complexity index is 744. The Hall–Kier alpha value is -2.04. The average Bonchev–Trinajstić information content (AvgIpc) is 2.53. The lowest BCUT2D eigenvalue weighted by Gasteiger charge is -2.35. The number of nitro benzene ring substituents is 1. The zero-order valence-electron chi connectivity index (χ0n) is 14.1. The van der Waals surface area contributed by atoms with Crippen molar-refractivity contribution in [3.63, 3.8) is 0 Å². The summed E-state index contributed by atoms with van der Waals surface area (Å²) in [7, 11) is -3.24. The van der Waals surface area contributed by atoms with Crippen molar-refractivity contribution in [2.45, 2.75) is 31.8 Å². The molecule has 25 heavy (non-hydrogen) atoms. The maximum Gasteiger partial charge on any atom is 0.292 e. The minimum absolute atomic E-state index is 0.128. The predicted molar refractivity (Wildman–Crippen MR) is 93.8 cm³/mol. The van der Waals surface area contributed by atoms with Crippen molar-refractivity contribution < 1.29 is 18.1 Å². The second kappa shape index (κ2) is 7.89. The van der Waals surface area contributed by atoms with E-state index in [0.29, 0.717) is 25.9 Å². The van der Waals surface area contributed by atoms with E-state index < -0.39 is 21.0 Å². The van der Waals surface area contributed by atoms with Crippen molar-refractivity contribution in [3.8, 4) is 0 Å². The van der Waals surface area contributed by atoms with Crippen LogP contribution in [0.25, 0.3) is 0 Å². The average molecular weight is 370 g/mol. The number of rotatable bonds is 6. The lowest BCUT2D eigenvalue weighted by molar-refractivity contribution is -0.383. The molecule has 0 aliphatic carbocycles. The van der Waals surface area contributed by atoms with Crippen LogP contribution in [0.3, 0.4) is 0 Å². The Morgan fingerprint density at radius 3 is 2.48 bits per heavy atom. The monoisotopic (exact) mass is 370 g/mol. The summed E-state index contributed by atoms with van der Waals surface area (Å²) in [6.07, 6.45) is 2.34. The number of sulfonamides is 1. The third-order valence-electron chi connectivity index (χ3n) is 4.20. The van der Waals surface area contributed by atoms with Crippen LogP contribution < -0.4 is 10.0 Å². The molecule has 138 valence electrons. The highest BCUT2D eigenvalue weighted by molar-refractivity contribution is 7.88. The van der Waals surface area contributed by atoms with E-state index in [2.05, 4.69) is 10.0 Å². The first kappa shape index (κ1) is 19.3. The van der Waals surface area contributed by atoms with Gasteiger partial charge in [-0.15, -0.1) is 0 Å². The molecule has 0 aromatic heterocycles. The molecule has 10 heteroatoms. The molecule has 9 nitrogen and oxygen atoms in total. The number of amides is 1. The van der Waals surface area contributed by atoms with E-state index in [9.17, 15) is 23.3 Å². The van der Waals surface area contributed by atoms with Gasteiger partial charge in [-0.3, -0.25) is 19.8 Å². The number of likely N-dealkylation sites (tertiary alicyclic amines) is 1. The zero-order chi connectivity index (χ0) is 18.6. The van der Waals surface area contributed by atoms with E-state index in [-0.39, 0.29) is 23.3 Å². The molecule has 1 aliphatic rings. The second-order valence-electron chi connectivity index (χ2n) is 6.14. The SMILES string of the molecule is C[C@H](C(=O)Nc1ccccc1[N+](=O)[O-])N1CCC(NS(C)(=O)=O)CC1. The number of hydrogen-bond donors (Lipinski definition) is 2. The van der Waals surface area contributed by atoms with Gasteiger partial charge in [0.25, 0.3) is 5.69 Å². The fraction of sp³-hybridized carbons (Fsp3) is 0.533. The summed E-state index contributed by atoms with van der Waals surface area (Å²) in [5.74, 6) is -0.330. The summed E-state index contributed by atoms with van der Waals surface area (Å²) in [5.41, 5.74) is 0.0112. The van der Waals surface area contributed by atoms with Gasteiger partial charge in [0.15, 0.2) is 0 Å². The molecule has 1 saturated heterocycles. The lowest BCUT2D eigenvalue weighted by Crippen LogP contribution is -2.50. The van der Waals surface area contributed by atoms with Gasteiger partial charge in [-0.05, 0) is 25.8 Å². The number of nitrogens with zero attached hydrogens (tertiary/aromatic N) is 2. The largest absolute Gasteiger partial charge is 0.319 e. The van der Waals surface area contributed by atoms with Crippen molar-refractivity contribution in [3.05, 3.63) is 34.4 Å². The first-order valence-corrected chi connectivity index (χ1v) is 9.82. The molecule has 2 N–H and O–H groups in total. The molecule has 0 spiro atoms. The fourth-order valence-electron chi connectivity index (χ4n) is 2.85. The Morgan fingerprint density at radius 2 is 1.92 bits per heavy atom. The number of benzene rings is 1. The van der Waals surface area contributed by atoms with Gasteiger partial charge in [-0.1, -0.05) is 12.1 Å². The van der Waals surface area contributed by atoms with Crippen LogP contribution in [0.15, 0.2) is 24.3 Å². The van der Waals surface area contributed by atoms with Crippen molar-refractivity contribution in [2.24, 2.45) is 0 Å². The molecule has 1 aromatic carbocycles. The normalized spacial score (nSPS) is 17.8. The van der Waals surface area contributed by atoms with Gasteiger partial charge in [-0.2, -0.15) is 0 Å². The summed E-state index contributed by atoms with van der Waals surface area (Å²) in [6.45, 7) is 2.87. The van der Waals surface area contributed by atoms with Crippen molar-refractivity contribution in [1.82, 2.24) is 9.62 Å². The highest BCUT2D eigenvalue weighted by Gasteiger charge is 2.28. The molecule has 0 unspecified atom stereocenters. The van der Waals surface area contributed by atoms with Gasteiger partial charge in [0.05, 0.1) is 17.2 Å². The number of para-hydroxylation sites is 2. The van der Waals surface area contributed by atoms with E-state index in [1.807, 2.05) is 4.90 Å². The third kappa shape index (κ3) is 5.48. The molecule has 1 fully saturated rings. The van der Waals surface area contributed by atoms with Gasteiger partial charge in [-0.25, -0.2) is 13.1 Å². The first-order chi connectivity index (χ1) is 11.7. The Labute approximate surface area is 146 Å². The molecule has 1 aromatic rings. The summed E-state index contributed by atoms with van der Waals surface area (Å²) in [4.78, 5) is 24.8. The van der Waals surface area contributed by atoms with E-state index in [1.54, 1.807) is 13.0 Å². The highest BCUT2D eigenvalue weighted by Crippen LogP contribution is 2.24. The summed E-state index contributed by atoms with van der Waals surface area (Å²) >= 11 is 0. The van der Waals surface area contributed by atoms with Crippen LogP contribution in [-0.2, 0) is 14.8 Å². The maximum atomic E-state index is 12.4. The Kier molecular flexibility index (Phi) is 6.09. The van der Waals surface area contributed by atoms with Gasteiger partial charge in [0, 0.05) is 25.2 Å². The van der Waals surface area contributed by atoms with Crippen LogP contribution in [0, 0.1) is 10.1 Å². The molecule has 0 saturated carbocycles. The summed E-state index contributed by atoms with van der Waals surface area (Å²) in [5, 5.41) is 13.6. The van der Waals surface area contributed by atoms with Gasteiger partial charge in [0.2, 0.25) is 15.9 Å². The molecular weight excluding hydrogens is 348 g/mol. The third-order valence-corrected chi connectivity index (χ3v) is 4.96. The van der Waals surface area contributed by atoms with Crippen LogP contribution in [0.2, 0.25) is 0 Å². The Balaban J connectivity index is 1.94. The molecule has 0 radical (unpaired) electrons. The second-order valence-corrected chi connectivity index (χ2v) is 7.92. The van der Waals surface area contributed by atoms with E-state index >= 15 is 0 Å². The number of hydrogen-bond acceptors (Lipinski definition) is 6. The van der Waals surface area contributed by atoms with E-state index in [4.69, 9.17) is 0 Å². The number of carbonyl (C=O) groups excluding carboxylic acids is 1. The standard InChI is InChI=1S/C15H22N4O5S/c1-11(18-9-7-12(8-10-18)17-25(2,23)24)15(20)16-13-5-3-4-6-14(13)19(21)22/h3-6,11-12,17H,7-10H2,1-2H3,(H,16,20)/t11-/m1/s1. The maximum absolute atomic E-state index is 12.4. The topological polar surface area (TPSA) is 122 Å². The lowest BCUT2D eigenvalue weighted by atomic mass is 10.0. The van der Waals surface area contributed by atoms with E-state index in [0.717, 1.165) is 6.26 Å². The van der Waals surface area contributed by atoms with Crippen LogP contribution >= 0.6 is 0 Å².